The second-order valence-corrected chi connectivity index (χ2v) is 8.30. The highest BCUT2D eigenvalue weighted by Crippen LogP contribution is 2.33. The monoisotopic (exact) mass is 443 g/mol. The lowest BCUT2D eigenvalue weighted by Gasteiger charge is -2.25. The summed E-state index contributed by atoms with van der Waals surface area (Å²) < 4.78 is 1.97. The van der Waals surface area contributed by atoms with Gasteiger partial charge in [-0.2, -0.15) is 0 Å². The molecule has 6 nitrogen and oxygen atoms in total. The normalized spacial score (nSPS) is 15.8. The third-order valence-electron chi connectivity index (χ3n) is 5.79. The van der Waals surface area contributed by atoms with E-state index in [9.17, 15) is 4.79 Å². The molecule has 4 aromatic rings. The maximum Gasteiger partial charge on any atom is 0.254 e. The second kappa shape index (κ2) is 8.93. The van der Waals surface area contributed by atoms with E-state index in [1.807, 2.05) is 70.3 Å². The van der Waals surface area contributed by atoms with Crippen molar-refractivity contribution in [1.82, 2.24) is 24.4 Å². The summed E-state index contributed by atoms with van der Waals surface area (Å²) in [6, 6.07) is 17.1. The molecule has 1 aliphatic rings. The topological polar surface area (TPSA) is 63.9 Å². The Kier molecular flexibility index (Phi) is 5.69. The first-order valence-corrected chi connectivity index (χ1v) is 11.0. The molecule has 5 rings (SSSR count). The fourth-order valence-electron chi connectivity index (χ4n) is 4.21. The van der Waals surface area contributed by atoms with Gasteiger partial charge in [-0.3, -0.25) is 4.79 Å². The third kappa shape index (κ3) is 4.14. The predicted octanol–water partition coefficient (Wildman–Crippen LogP) is 5.02. The van der Waals surface area contributed by atoms with Crippen LogP contribution in [0.1, 0.15) is 40.5 Å². The largest absolute Gasteiger partial charge is 0.333 e. The molecule has 0 aliphatic carbocycles. The van der Waals surface area contributed by atoms with E-state index in [4.69, 9.17) is 16.6 Å². The summed E-state index contributed by atoms with van der Waals surface area (Å²) in [5.41, 5.74) is 3.46. The average Bonchev–Trinajstić information content (AvgIpc) is 3.52. The Morgan fingerprint density at radius 2 is 1.91 bits per heavy atom. The van der Waals surface area contributed by atoms with Gasteiger partial charge in [-0.15, -0.1) is 0 Å². The number of nitrogens with zero attached hydrogens (tertiary/aromatic N) is 5. The fraction of sp³-hybridized carbons (Fsp3) is 0.200. The van der Waals surface area contributed by atoms with Crippen LogP contribution in [0.5, 0.6) is 0 Å². The molecule has 1 fully saturated rings. The van der Waals surface area contributed by atoms with Crippen LogP contribution in [0.2, 0.25) is 5.02 Å². The number of hydrogen-bond acceptors (Lipinski definition) is 4. The Morgan fingerprint density at radius 1 is 1.06 bits per heavy atom. The van der Waals surface area contributed by atoms with Gasteiger partial charge in [0.15, 0.2) is 5.82 Å². The minimum atomic E-state index is -0.0714. The van der Waals surface area contributed by atoms with Crippen LogP contribution >= 0.6 is 11.6 Å². The maximum absolute atomic E-state index is 13.6. The molecule has 160 valence electrons. The fourth-order valence-corrected chi connectivity index (χ4v) is 4.34. The van der Waals surface area contributed by atoms with Crippen molar-refractivity contribution >= 4 is 17.5 Å². The zero-order valence-corrected chi connectivity index (χ0v) is 18.2. The minimum absolute atomic E-state index is 0.0369. The molecule has 32 heavy (non-hydrogen) atoms. The van der Waals surface area contributed by atoms with Crippen LogP contribution in [0, 0.1) is 0 Å². The lowest BCUT2D eigenvalue weighted by Crippen LogP contribution is -2.32. The number of rotatable bonds is 5. The number of halogens is 1. The van der Waals surface area contributed by atoms with Crippen molar-refractivity contribution in [3.63, 3.8) is 0 Å². The van der Waals surface area contributed by atoms with Gasteiger partial charge in [0.05, 0.1) is 18.1 Å². The van der Waals surface area contributed by atoms with Crippen LogP contribution in [0.4, 0.5) is 0 Å². The van der Waals surface area contributed by atoms with Crippen molar-refractivity contribution < 1.29 is 4.79 Å². The van der Waals surface area contributed by atoms with Crippen LogP contribution in [0.3, 0.4) is 0 Å². The standard InChI is InChI=1S/C25H22ClN5O/c26-20-9-7-18(8-10-20)24-28-12-11-22(29-24)23-6-3-14-31(23)25(32)21-5-2-1-4-19(21)16-30-15-13-27-17-30/h1-2,4-5,7-13,15,17,23H,3,6,14,16H2/t23-/m0/s1. The Balaban J connectivity index is 1.43. The molecule has 0 N–H and O–H groups in total. The van der Waals surface area contributed by atoms with Crippen LogP contribution in [-0.2, 0) is 6.54 Å². The summed E-state index contributed by atoms with van der Waals surface area (Å²) in [4.78, 5) is 28.9. The lowest BCUT2D eigenvalue weighted by atomic mass is 10.0. The number of carbonyl (C=O) groups is 1. The molecule has 0 saturated carbocycles. The first-order valence-electron chi connectivity index (χ1n) is 10.6. The van der Waals surface area contributed by atoms with E-state index < -0.39 is 0 Å². The molecule has 2 aromatic carbocycles. The molecular formula is C25H22ClN5O. The number of imidazole rings is 1. The number of aromatic nitrogens is 4. The highest BCUT2D eigenvalue weighted by atomic mass is 35.5. The number of carbonyl (C=O) groups excluding carboxylic acids is 1. The molecule has 0 bridgehead atoms. The number of benzene rings is 2. The molecule has 7 heteroatoms. The van der Waals surface area contributed by atoms with Gasteiger partial charge in [0.1, 0.15) is 0 Å². The smallest absolute Gasteiger partial charge is 0.254 e. The predicted molar refractivity (Wildman–Crippen MR) is 123 cm³/mol. The van der Waals surface area contributed by atoms with Gasteiger partial charge in [0.2, 0.25) is 0 Å². The van der Waals surface area contributed by atoms with Crippen molar-refractivity contribution in [3.8, 4) is 11.4 Å². The second-order valence-electron chi connectivity index (χ2n) is 7.86. The van der Waals surface area contributed by atoms with Gasteiger partial charge in [-0.25, -0.2) is 15.0 Å². The van der Waals surface area contributed by atoms with E-state index in [1.54, 1.807) is 18.7 Å². The Bertz CT molecular complexity index is 1220. The summed E-state index contributed by atoms with van der Waals surface area (Å²) in [5.74, 6) is 0.675. The summed E-state index contributed by atoms with van der Waals surface area (Å²) in [6.45, 7) is 1.32. The highest BCUT2D eigenvalue weighted by molar-refractivity contribution is 6.30. The molecule has 1 atom stereocenters. The number of likely N-dealkylation sites (tertiary alicyclic amines) is 1. The van der Waals surface area contributed by atoms with Gasteiger partial charge in [-0.05, 0) is 54.8 Å². The molecule has 0 radical (unpaired) electrons. The Hall–Kier alpha value is -3.51. The summed E-state index contributed by atoms with van der Waals surface area (Å²) in [7, 11) is 0. The maximum atomic E-state index is 13.6. The molecule has 0 unspecified atom stereocenters. The minimum Gasteiger partial charge on any atom is -0.333 e. The first-order chi connectivity index (χ1) is 15.7. The van der Waals surface area contributed by atoms with Crippen LogP contribution in [0.15, 0.2) is 79.5 Å². The third-order valence-corrected chi connectivity index (χ3v) is 6.05. The van der Waals surface area contributed by atoms with Crippen molar-refractivity contribution in [2.24, 2.45) is 0 Å². The van der Waals surface area contributed by atoms with Crippen molar-refractivity contribution in [3.05, 3.63) is 101 Å². The first kappa shape index (κ1) is 20.4. The Labute approximate surface area is 191 Å². The molecule has 1 amide bonds. The van der Waals surface area contributed by atoms with E-state index >= 15 is 0 Å². The van der Waals surface area contributed by atoms with Gasteiger partial charge in [-0.1, -0.05) is 29.8 Å². The number of hydrogen-bond donors (Lipinski definition) is 0. The van der Waals surface area contributed by atoms with E-state index in [0.717, 1.165) is 35.2 Å². The SMILES string of the molecule is O=C(c1ccccc1Cn1ccnc1)N1CCC[C@H]1c1ccnc(-c2ccc(Cl)cc2)n1. The van der Waals surface area contributed by atoms with Gasteiger partial charge >= 0.3 is 0 Å². The van der Waals surface area contributed by atoms with Crippen molar-refractivity contribution in [2.45, 2.75) is 25.4 Å². The van der Waals surface area contributed by atoms with Crippen LogP contribution < -0.4 is 0 Å². The lowest BCUT2D eigenvalue weighted by molar-refractivity contribution is 0.0731. The molecule has 3 heterocycles. The van der Waals surface area contributed by atoms with Crippen LogP contribution in [0.25, 0.3) is 11.4 Å². The zero-order valence-electron chi connectivity index (χ0n) is 17.4. The average molecular weight is 444 g/mol. The molecule has 1 aliphatic heterocycles. The summed E-state index contributed by atoms with van der Waals surface area (Å²) in [6.07, 6.45) is 9.00. The van der Waals surface area contributed by atoms with Gasteiger partial charge < -0.3 is 9.47 Å². The van der Waals surface area contributed by atoms with E-state index in [0.29, 0.717) is 23.9 Å². The summed E-state index contributed by atoms with van der Waals surface area (Å²) >= 11 is 6.01. The van der Waals surface area contributed by atoms with Crippen molar-refractivity contribution in [1.29, 1.82) is 0 Å². The van der Waals surface area contributed by atoms with Crippen LogP contribution in [-0.4, -0.2) is 36.9 Å². The van der Waals surface area contributed by atoms with Crippen molar-refractivity contribution in [2.75, 3.05) is 6.54 Å². The Morgan fingerprint density at radius 3 is 2.72 bits per heavy atom. The van der Waals surface area contributed by atoms with E-state index in [1.165, 1.54) is 0 Å². The van der Waals surface area contributed by atoms with E-state index in [-0.39, 0.29) is 11.9 Å². The summed E-state index contributed by atoms with van der Waals surface area (Å²) in [5, 5.41) is 0.673. The van der Waals surface area contributed by atoms with Gasteiger partial charge in [0.25, 0.3) is 5.91 Å². The highest BCUT2D eigenvalue weighted by Gasteiger charge is 2.32. The zero-order chi connectivity index (χ0) is 21.9. The number of amides is 1. The quantitative estimate of drug-likeness (QED) is 0.434. The molecule has 2 aromatic heterocycles. The molecule has 0 spiro atoms. The van der Waals surface area contributed by atoms with E-state index in [2.05, 4.69) is 9.97 Å². The van der Waals surface area contributed by atoms with Gasteiger partial charge in [0, 0.05) is 47.8 Å². The molecule has 1 saturated heterocycles. The molecular weight excluding hydrogens is 422 g/mol.